The maximum absolute atomic E-state index is 5.62. The molecular weight excluding hydrogens is 198 g/mol. The van der Waals surface area contributed by atoms with E-state index in [1.165, 1.54) is 11.1 Å². The molecular formula is C13H19N3. The molecule has 0 radical (unpaired) electrons. The van der Waals surface area contributed by atoms with Crippen LogP contribution in [0.15, 0.2) is 12.1 Å². The van der Waals surface area contributed by atoms with E-state index in [0.29, 0.717) is 12.5 Å². The zero-order chi connectivity index (χ0) is 11.7. The molecule has 1 heterocycles. The smallest absolute Gasteiger partial charge is 0.107 e. The van der Waals surface area contributed by atoms with Gasteiger partial charge in [-0.3, -0.25) is 0 Å². The molecule has 0 aliphatic heterocycles. The van der Waals surface area contributed by atoms with Gasteiger partial charge in [-0.05, 0) is 49.6 Å². The number of rotatable bonds is 3. The van der Waals surface area contributed by atoms with E-state index in [9.17, 15) is 0 Å². The summed E-state index contributed by atoms with van der Waals surface area (Å²) in [6.45, 7) is 7.09. The number of nitrogens with zero attached hydrogens (tertiary/aromatic N) is 1. The van der Waals surface area contributed by atoms with Crippen LogP contribution in [0.4, 0.5) is 0 Å². The van der Waals surface area contributed by atoms with Gasteiger partial charge in [-0.15, -0.1) is 0 Å². The van der Waals surface area contributed by atoms with Gasteiger partial charge >= 0.3 is 0 Å². The second-order valence-corrected chi connectivity index (χ2v) is 4.68. The largest absolute Gasteiger partial charge is 0.342 e. The van der Waals surface area contributed by atoms with E-state index in [2.05, 4.69) is 42.9 Å². The number of aryl methyl sites for hydroxylation is 2. The van der Waals surface area contributed by atoms with Crippen molar-refractivity contribution >= 4 is 11.0 Å². The molecule has 0 fully saturated rings. The van der Waals surface area contributed by atoms with Crippen molar-refractivity contribution in [3.8, 4) is 0 Å². The quantitative estimate of drug-likeness (QED) is 0.829. The number of imidazole rings is 1. The summed E-state index contributed by atoms with van der Waals surface area (Å²) in [4.78, 5) is 7.95. The highest BCUT2D eigenvalue weighted by atomic mass is 14.9. The zero-order valence-corrected chi connectivity index (χ0v) is 10.2. The standard InChI is InChI=1S/C13H19N3/c1-8(7-14)4-13-15-11-5-9(2)10(3)6-12(11)16-13/h5-6,8H,4,7,14H2,1-3H3,(H,15,16). The van der Waals surface area contributed by atoms with Crippen molar-refractivity contribution in [1.82, 2.24) is 9.97 Å². The minimum absolute atomic E-state index is 0.475. The van der Waals surface area contributed by atoms with E-state index >= 15 is 0 Å². The third-order valence-corrected chi connectivity index (χ3v) is 3.09. The van der Waals surface area contributed by atoms with Crippen molar-refractivity contribution < 1.29 is 0 Å². The summed E-state index contributed by atoms with van der Waals surface area (Å²) in [5, 5.41) is 0. The summed E-state index contributed by atoms with van der Waals surface area (Å²) < 4.78 is 0. The minimum Gasteiger partial charge on any atom is -0.342 e. The zero-order valence-electron chi connectivity index (χ0n) is 10.2. The normalized spacial score (nSPS) is 13.2. The summed E-state index contributed by atoms with van der Waals surface area (Å²) in [7, 11) is 0. The predicted molar refractivity (Wildman–Crippen MR) is 67.5 cm³/mol. The van der Waals surface area contributed by atoms with Crippen LogP contribution in [0, 0.1) is 19.8 Å². The van der Waals surface area contributed by atoms with Gasteiger partial charge in [0, 0.05) is 6.42 Å². The number of fused-ring (bicyclic) bond motifs is 1. The summed E-state index contributed by atoms with van der Waals surface area (Å²) in [6.07, 6.45) is 0.920. The molecule has 3 N–H and O–H groups in total. The average molecular weight is 217 g/mol. The number of nitrogens with two attached hydrogens (primary N) is 1. The highest BCUT2D eigenvalue weighted by Crippen LogP contribution is 2.18. The lowest BCUT2D eigenvalue weighted by Crippen LogP contribution is -2.13. The second kappa shape index (κ2) is 4.26. The number of hydrogen-bond donors (Lipinski definition) is 2. The molecule has 3 heteroatoms. The molecule has 0 amide bonds. The highest BCUT2D eigenvalue weighted by Gasteiger charge is 2.07. The van der Waals surface area contributed by atoms with Crippen LogP contribution < -0.4 is 5.73 Å². The lowest BCUT2D eigenvalue weighted by atomic mass is 10.1. The van der Waals surface area contributed by atoms with Crippen LogP contribution in [-0.4, -0.2) is 16.5 Å². The number of aromatic nitrogens is 2. The van der Waals surface area contributed by atoms with Crippen LogP contribution in [-0.2, 0) is 6.42 Å². The molecule has 1 aromatic heterocycles. The molecule has 1 atom stereocenters. The van der Waals surface area contributed by atoms with Crippen molar-refractivity contribution in [2.24, 2.45) is 11.7 Å². The topological polar surface area (TPSA) is 54.7 Å². The number of H-pyrrole nitrogens is 1. The van der Waals surface area contributed by atoms with Crippen molar-refractivity contribution in [3.63, 3.8) is 0 Å². The number of aromatic amines is 1. The van der Waals surface area contributed by atoms with E-state index < -0.39 is 0 Å². The van der Waals surface area contributed by atoms with Gasteiger partial charge in [-0.25, -0.2) is 4.98 Å². The van der Waals surface area contributed by atoms with Gasteiger partial charge in [0.15, 0.2) is 0 Å². The van der Waals surface area contributed by atoms with Crippen LogP contribution in [0.2, 0.25) is 0 Å². The molecule has 0 saturated carbocycles. The summed E-state index contributed by atoms with van der Waals surface area (Å²) in [5.74, 6) is 1.51. The van der Waals surface area contributed by atoms with Gasteiger partial charge in [0.05, 0.1) is 11.0 Å². The summed E-state index contributed by atoms with van der Waals surface area (Å²) >= 11 is 0. The molecule has 0 aliphatic carbocycles. The molecule has 0 saturated heterocycles. The Bertz CT molecular complexity index is 460. The monoisotopic (exact) mass is 217 g/mol. The Kier molecular flexibility index (Phi) is 2.97. The van der Waals surface area contributed by atoms with E-state index in [4.69, 9.17) is 5.73 Å². The Morgan fingerprint density at radius 3 is 2.69 bits per heavy atom. The van der Waals surface area contributed by atoms with Gasteiger partial charge < -0.3 is 10.7 Å². The Balaban J connectivity index is 2.36. The fraction of sp³-hybridized carbons (Fsp3) is 0.462. The molecule has 16 heavy (non-hydrogen) atoms. The number of benzene rings is 1. The third kappa shape index (κ3) is 2.09. The van der Waals surface area contributed by atoms with E-state index in [1.54, 1.807) is 0 Å². The van der Waals surface area contributed by atoms with Crippen LogP contribution in [0.3, 0.4) is 0 Å². The van der Waals surface area contributed by atoms with Crippen LogP contribution in [0.1, 0.15) is 23.9 Å². The number of hydrogen-bond acceptors (Lipinski definition) is 2. The summed E-state index contributed by atoms with van der Waals surface area (Å²) in [6, 6.07) is 4.30. The number of nitrogens with one attached hydrogen (secondary N) is 1. The van der Waals surface area contributed by atoms with E-state index in [-0.39, 0.29) is 0 Å². The van der Waals surface area contributed by atoms with Gasteiger partial charge in [-0.1, -0.05) is 6.92 Å². The Morgan fingerprint density at radius 2 is 2.00 bits per heavy atom. The first-order valence-electron chi connectivity index (χ1n) is 5.76. The predicted octanol–water partition coefficient (Wildman–Crippen LogP) is 2.32. The maximum atomic E-state index is 5.62. The van der Waals surface area contributed by atoms with Gasteiger partial charge in [0.25, 0.3) is 0 Å². The molecule has 3 nitrogen and oxygen atoms in total. The van der Waals surface area contributed by atoms with Gasteiger partial charge in [0.2, 0.25) is 0 Å². The Morgan fingerprint density at radius 1 is 1.31 bits per heavy atom. The fourth-order valence-corrected chi connectivity index (χ4v) is 1.83. The second-order valence-electron chi connectivity index (χ2n) is 4.68. The molecule has 1 unspecified atom stereocenters. The van der Waals surface area contributed by atoms with Crippen molar-refractivity contribution in [2.45, 2.75) is 27.2 Å². The third-order valence-electron chi connectivity index (χ3n) is 3.09. The SMILES string of the molecule is Cc1cc2nc(CC(C)CN)[nH]c2cc1C. The van der Waals surface area contributed by atoms with Gasteiger partial charge in [0.1, 0.15) is 5.82 Å². The summed E-state index contributed by atoms with van der Waals surface area (Å²) in [5.41, 5.74) is 10.4. The molecule has 0 bridgehead atoms. The van der Waals surface area contributed by atoms with Crippen LogP contribution >= 0.6 is 0 Å². The Labute approximate surface area is 96.1 Å². The first kappa shape index (κ1) is 11.1. The molecule has 0 aliphatic rings. The first-order valence-corrected chi connectivity index (χ1v) is 5.76. The van der Waals surface area contributed by atoms with Crippen molar-refractivity contribution in [3.05, 3.63) is 29.1 Å². The average Bonchev–Trinajstić information content (AvgIpc) is 2.60. The van der Waals surface area contributed by atoms with E-state index in [1.807, 2.05) is 0 Å². The molecule has 2 rings (SSSR count). The fourth-order valence-electron chi connectivity index (χ4n) is 1.83. The van der Waals surface area contributed by atoms with E-state index in [0.717, 1.165) is 23.3 Å². The maximum Gasteiger partial charge on any atom is 0.107 e. The van der Waals surface area contributed by atoms with Crippen LogP contribution in [0.25, 0.3) is 11.0 Å². The first-order chi connectivity index (χ1) is 7.60. The lowest BCUT2D eigenvalue weighted by molar-refractivity contribution is 0.578. The highest BCUT2D eigenvalue weighted by molar-refractivity contribution is 5.77. The molecule has 1 aromatic carbocycles. The lowest BCUT2D eigenvalue weighted by Gasteiger charge is -2.03. The molecule has 2 aromatic rings. The van der Waals surface area contributed by atoms with Crippen molar-refractivity contribution in [2.75, 3.05) is 6.54 Å². The minimum atomic E-state index is 0.475. The molecule has 86 valence electrons. The van der Waals surface area contributed by atoms with Crippen molar-refractivity contribution in [1.29, 1.82) is 0 Å². The molecule has 0 spiro atoms. The Hall–Kier alpha value is -1.35. The van der Waals surface area contributed by atoms with Gasteiger partial charge in [-0.2, -0.15) is 0 Å². The van der Waals surface area contributed by atoms with Crippen LogP contribution in [0.5, 0.6) is 0 Å².